The van der Waals surface area contributed by atoms with E-state index in [0.29, 0.717) is 6.42 Å². The molecule has 8 heteroatoms. The van der Waals surface area contributed by atoms with Crippen molar-refractivity contribution in [3.63, 3.8) is 0 Å². The molecule has 0 radical (unpaired) electrons. The van der Waals surface area contributed by atoms with Crippen LogP contribution in [0.15, 0.2) is 12.2 Å². The Kier molecular flexibility index (Phi) is 19.0. The van der Waals surface area contributed by atoms with Gasteiger partial charge in [-0.05, 0) is 12.8 Å². The minimum atomic E-state index is -4.62. The molecule has 29 heavy (non-hydrogen) atoms. The standard InChI is InChI=1S/C21H44NO6P/c1-2-3-4-5-6-7-8-9-10-11-12-13-14-15-16-17-21(24)22-20(18-23)19-28-29(25,26)27/h9-10,20,23,25-27,29H,2-8,11-19H2,1H3,(H,22,24)/b10-9-/t20-/m1/s1. The van der Waals surface area contributed by atoms with Crippen LogP contribution < -0.4 is 5.32 Å². The Hall–Kier alpha value is -0.560. The Labute approximate surface area is 177 Å². The molecule has 0 saturated carbocycles. The van der Waals surface area contributed by atoms with Crippen molar-refractivity contribution in [3.8, 4) is 0 Å². The van der Waals surface area contributed by atoms with Gasteiger partial charge in [0.05, 0.1) is 0 Å². The molecular formula is C21H44NO6P. The molecule has 0 aromatic heterocycles. The van der Waals surface area contributed by atoms with E-state index in [9.17, 15) is 4.79 Å². The summed E-state index contributed by atoms with van der Waals surface area (Å²) >= 11 is 0. The van der Waals surface area contributed by atoms with Crippen molar-refractivity contribution >= 4 is 14.1 Å². The molecule has 0 aliphatic heterocycles. The van der Waals surface area contributed by atoms with Crippen LogP contribution in [0.3, 0.4) is 0 Å². The summed E-state index contributed by atoms with van der Waals surface area (Å²) in [6, 6.07) is -0.760. The van der Waals surface area contributed by atoms with Gasteiger partial charge in [0.2, 0.25) is 0 Å². The molecule has 0 heterocycles. The number of aliphatic hydroxyl groups is 1. The second kappa shape index (κ2) is 19.4. The topological polar surface area (TPSA) is 119 Å². The van der Waals surface area contributed by atoms with E-state index in [-0.39, 0.29) is 12.5 Å². The van der Waals surface area contributed by atoms with Crippen LogP contribution in [-0.4, -0.2) is 44.9 Å². The minimum absolute atomic E-state index is 0.216. The molecule has 0 unspecified atom stereocenters. The Morgan fingerprint density at radius 1 is 0.897 bits per heavy atom. The van der Waals surface area contributed by atoms with Crippen molar-refractivity contribution in [1.82, 2.24) is 5.32 Å². The van der Waals surface area contributed by atoms with Crippen LogP contribution in [-0.2, 0) is 9.32 Å². The molecule has 7 nitrogen and oxygen atoms in total. The van der Waals surface area contributed by atoms with E-state index in [4.69, 9.17) is 19.8 Å². The summed E-state index contributed by atoms with van der Waals surface area (Å²) in [5.74, 6) is -0.216. The number of rotatable bonds is 20. The van der Waals surface area contributed by atoms with Crippen LogP contribution in [0, 0.1) is 0 Å². The van der Waals surface area contributed by atoms with Gasteiger partial charge < -0.3 is 0 Å². The first-order valence-electron chi connectivity index (χ1n) is 11.2. The number of allylic oxidation sites excluding steroid dienone is 2. The van der Waals surface area contributed by atoms with Crippen LogP contribution in [0.2, 0.25) is 0 Å². The third-order valence-corrected chi connectivity index (χ3v) is 5.28. The number of unbranched alkanes of at least 4 members (excludes halogenated alkanes) is 11. The molecule has 0 aliphatic rings. The van der Waals surface area contributed by atoms with Gasteiger partial charge in [0, 0.05) is 0 Å². The van der Waals surface area contributed by atoms with Crippen LogP contribution in [0.5, 0.6) is 0 Å². The normalized spacial score (nSPS) is 13.7. The zero-order chi connectivity index (χ0) is 21.8. The number of hydrogen-bond donors (Lipinski definition) is 5. The van der Waals surface area contributed by atoms with Gasteiger partial charge in [-0.1, -0.05) is 51.2 Å². The fourth-order valence-electron chi connectivity index (χ4n) is 3.01. The van der Waals surface area contributed by atoms with Gasteiger partial charge in [0.1, 0.15) is 0 Å². The first-order chi connectivity index (χ1) is 13.9. The predicted molar refractivity (Wildman–Crippen MR) is 119 cm³/mol. The number of hydrogen-bond acceptors (Lipinski definition) is 6. The van der Waals surface area contributed by atoms with Gasteiger partial charge in [-0.2, -0.15) is 0 Å². The average Bonchev–Trinajstić information content (AvgIpc) is 2.67. The number of nitrogens with one attached hydrogen (secondary N) is 1. The zero-order valence-corrected chi connectivity index (χ0v) is 19.2. The molecule has 0 aromatic carbocycles. The summed E-state index contributed by atoms with van der Waals surface area (Å²) in [5.41, 5.74) is 0. The van der Waals surface area contributed by atoms with Crippen molar-refractivity contribution < 1.29 is 29.1 Å². The van der Waals surface area contributed by atoms with E-state index in [1.807, 2.05) is 0 Å². The Balaban J connectivity index is 3.48. The summed E-state index contributed by atoms with van der Waals surface area (Å²) in [6.07, 6.45) is 20.5. The van der Waals surface area contributed by atoms with E-state index >= 15 is 0 Å². The van der Waals surface area contributed by atoms with Crippen molar-refractivity contribution in [2.24, 2.45) is 0 Å². The van der Waals surface area contributed by atoms with E-state index in [0.717, 1.165) is 32.1 Å². The Morgan fingerprint density at radius 2 is 1.41 bits per heavy atom. The van der Waals surface area contributed by atoms with Gasteiger partial charge in [0.15, 0.2) is 0 Å². The van der Waals surface area contributed by atoms with Crippen molar-refractivity contribution in [2.75, 3.05) is 13.2 Å². The fourth-order valence-corrected chi connectivity index (χ4v) is 3.43. The second-order valence-electron chi connectivity index (χ2n) is 7.67. The van der Waals surface area contributed by atoms with Gasteiger partial charge in [-0.25, -0.2) is 0 Å². The van der Waals surface area contributed by atoms with E-state index in [2.05, 4.69) is 28.9 Å². The van der Waals surface area contributed by atoms with E-state index in [1.165, 1.54) is 51.4 Å². The van der Waals surface area contributed by atoms with Crippen LogP contribution >= 0.6 is 8.17 Å². The van der Waals surface area contributed by atoms with Gasteiger partial charge in [-0.3, -0.25) is 0 Å². The van der Waals surface area contributed by atoms with Crippen LogP contribution in [0.1, 0.15) is 96.8 Å². The maximum atomic E-state index is 11.8. The predicted octanol–water partition coefficient (Wildman–Crippen LogP) is 3.90. The third kappa shape index (κ3) is 22.0. The summed E-state index contributed by atoms with van der Waals surface area (Å²) in [7, 11) is -4.62. The molecule has 1 atom stereocenters. The molecule has 0 aliphatic carbocycles. The van der Waals surface area contributed by atoms with Crippen LogP contribution in [0.25, 0.3) is 0 Å². The Morgan fingerprint density at radius 3 is 1.93 bits per heavy atom. The van der Waals surface area contributed by atoms with Gasteiger partial charge >= 0.3 is 113 Å². The SMILES string of the molecule is CCCCCCCC/C=C\CCCCCCCC(=O)N[C@H](CO)CO[PH](O)(O)O. The zero-order valence-electron chi connectivity index (χ0n) is 18.2. The molecule has 0 rings (SSSR count). The quantitative estimate of drug-likeness (QED) is 0.112. The van der Waals surface area contributed by atoms with Gasteiger partial charge in [-0.15, -0.1) is 0 Å². The van der Waals surface area contributed by atoms with Crippen LogP contribution in [0.4, 0.5) is 0 Å². The number of carbonyl (C=O) groups is 1. The molecule has 174 valence electrons. The summed E-state index contributed by atoms with van der Waals surface area (Å²) in [6.45, 7) is 1.50. The molecule has 0 saturated heterocycles. The number of aliphatic hydroxyl groups excluding tert-OH is 1. The van der Waals surface area contributed by atoms with E-state index < -0.39 is 20.8 Å². The average molecular weight is 438 g/mol. The molecule has 0 aromatic rings. The first kappa shape index (κ1) is 28.4. The van der Waals surface area contributed by atoms with Crippen molar-refractivity contribution in [1.29, 1.82) is 0 Å². The first-order valence-corrected chi connectivity index (χ1v) is 13.0. The molecule has 0 spiro atoms. The van der Waals surface area contributed by atoms with E-state index in [1.54, 1.807) is 0 Å². The molecule has 0 fully saturated rings. The molecule has 1 amide bonds. The third-order valence-electron chi connectivity index (χ3n) is 4.73. The monoisotopic (exact) mass is 437 g/mol. The summed E-state index contributed by atoms with van der Waals surface area (Å²) < 4.78 is 4.44. The van der Waals surface area contributed by atoms with Gasteiger partial charge in [0.25, 0.3) is 0 Å². The fraction of sp³-hybridized carbons (Fsp3) is 0.857. The number of amides is 1. The van der Waals surface area contributed by atoms with Crippen molar-refractivity contribution in [3.05, 3.63) is 12.2 Å². The molecule has 0 bridgehead atoms. The number of carbonyl (C=O) groups excluding carboxylic acids is 1. The second-order valence-corrected chi connectivity index (χ2v) is 9.10. The summed E-state index contributed by atoms with van der Waals surface area (Å²) in [4.78, 5) is 38.1. The van der Waals surface area contributed by atoms with Crippen molar-refractivity contribution in [2.45, 2.75) is 103 Å². The molecular weight excluding hydrogens is 393 g/mol. The molecule has 5 N–H and O–H groups in total. The Bertz CT molecular complexity index is 414. The maximum absolute atomic E-state index is 11.8. The summed E-state index contributed by atoms with van der Waals surface area (Å²) in [5, 5.41) is 11.7.